The van der Waals surface area contributed by atoms with E-state index in [1.165, 1.54) is 11.1 Å². The quantitative estimate of drug-likeness (QED) is 0.634. The molecule has 0 amide bonds. The molecule has 0 aromatic heterocycles. The van der Waals surface area contributed by atoms with Crippen LogP contribution in [0.2, 0.25) is 0 Å². The Labute approximate surface area is 86.0 Å². The SMILES string of the molecule is [B]c1cccc2c1CN(C(C)O)CC2. The van der Waals surface area contributed by atoms with Gasteiger partial charge in [-0.2, -0.15) is 0 Å². The van der Waals surface area contributed by atoms with Crippen molar-refractivity contribution in [3.8, 4) is 0 Å². The van der Waals surface area contributed by atoms with E-state index in [-0.39, 0.29) is 6.23 Å². The molecule has 14 heavy (non-hydrogen) atoms. The van der Waals surface area contributed by atoms with Crippen LogP contribution >= 0.6 is 0 Å². The van der Waals surface area contributed by atoms with Gasteiger partial charge in [-0.3, -0.25) is 4.90 Å². The van der Waals surface area contributed by atoms with Crippen molar-refractivity contribution in [1.29, 1.82) is 0 Å². The highest BCUT2D eigenvalue weighted by atomic mass is 16.3. The molecule has 0 saturated carbocycles. The minimum absolute atomic E-state index is 0.386. The van der Waals surface area contributed by atoms with Crippen LogP contribution in [0.25, 0.3) is 0 Å². The lowest BCUT2D eigenvalue weighted by Crippen LogP contribution is -2.39. The van der Waals surface area contributed by atoms with Crippen molar-refractivity contribution in [3.05, 3.63) is 29.3 Å². The van der Waals surface area contributed by atoms with E-state index in [1.807, 2.05) is 17.0 Å². The van der Waals surface area contributed by atoms with E-state index < -0.39 is 0 Å². The number of hydrogen-bond donors (Lipinski definition) is 1. The Bertz CT molecular complexity index is 338. The smallest absolute Gasteiger partial charge is 0.114 e. The summed E-state index contributed by atoms with van der Waals surface area (Å²) in [6.45, 7) is 3.47. The highest BCUT2D eigenvalue weighted by Gasteiger charge is 2.19. The standard InChI is InChI=1S/C11H14BNO/c1-8(14)13-6-5-9-3-2-4-11(12)10(9)7-13/h2-4,8,14H,5-7H2,1H3. The van der Waals surface area contributed by atoms with Gasteiger partial charge in [-0.15, -0.1) is 0 Å². The summed E-state index contributed by atoms with van der Waals surface area (Å²) < 4.78 is 0. The van der Waals surface area contributed by atoms with E-state index in [0.29, 0.717) is 0 Å². The van der Waals surface area contributed by atoms with Crippen LogP contribution in [0.5, 0.6) is 0 Å². The summed E-state index contributed by atoms with van der Waals surface area (Å²) in [5.41, 5.74) is 3.34. The summed E-state index contributed by atoms with van der Waals surface area (Å²) in [5, 5.41) is 9.48. The molecule has 1 unspecified atom stereocenters. The second-order valence-corrected chi connectivity index (χ2v) is 3.84. The van der Waals surface area contributed by atoms with Crippen molar-refractivity contribution in [3.63, 3.8) is 0 Å². The van der Waals surface area contributed by atoms with Crippen LogP contribution in [0.4, 0.5) is 0 Å². The maximum absolute atomic E-state index is 9.48. The molecule has 2 nitrogen and oxygen atoms in total. The van der Waals surface area contributed by atoms with E-state index in [0.717, 1.165) is 25.0 Å². The molecule has 72 valence electrons. The van der Waals surface area contributed by atoms with E-state index >= 15 is 0 Å². The molecular formula is C11H14BNO. The molecular weight excluding hydrogens is 173 g/mol. The zero-order chi connectivity index (χ0) is 10.1. The summed E-state index contributed by atoms with van der Waals surface area (Å²) in [4.78, 5) is 2.03. The summed E-state index contributed by atoms with van der Waals surface area (Å²) in [6.07, 6.45) is 0.591. The normalized spacial score (nSPS) is 19.0. The van der Waals surface area contributed by atoms with Gasteiger partial charge in [0.2, 0.25) is 0 Å². The molecule has 3 heteroatoms. The zero-order valence-corrected chi connectivity index (χ0v) is 8.40. The minimum Gasteiger partial charge on any atom is -0.379 e. The predicted molar refractivity (Wildman–Crippen MR) is 57.6 cm³/mol. The van der Waals surface area contributed by atoms with Crippen molar-refractivity contribution in [1.82, 2.24) is 4.90 Å². The molecule has 1 aliphatic rings. The second kappa shape index (κ2) is 3.75. The number of benzene rings is 1. The molecule has 0 bridgehead atoms. The van der Waals surface area contributed by atoms with Gasteiger partial charge in [-0.25, -0.2) is 0 Å². The number of nitrogens with zero attached hydrogens (tertiary/aromatic N) is 1. The van der Waals surface area contributed by atoms with Gasteiger partial charge < -0.3 is 5.11 Å². The highest BCUT2D eigenvalue weighted by Crippen LogP contribution is 2.17. The minimum atomic E-state index is -0.386. The van der Waals surface area contributed by atoms with Crippen LogP contribution < -0.4 is 5.46 Å². The molecule has 0 aliphatic carbocycles. The van der Waals surface area contributed by atoms with Crippen molar-refractivity contribution >= 4 is 13.3 Å². The van der Waals surface area contributed by atoms with Crippen LogP contribution in [0.15, 0.2) is 18.2 Å². The number of aliphatic hydroxyl groups excluding tert-OH is 1. The first kappa shape index (κ1) is 9.75. The van der Waals surface area contributed by atoms with Crippen molar-refractivity contribution in [2.24, 2.45) is 0 Å². The molecule has 2 radical (unpaired) electrons. The lowest BCUT2D eigenvalue weighted by atomic mass is 9.85. The lowest BCUT2D eigenvalue weighted by molar-refractivity contribution is 0.00943. The van der Waals surface area contributed by atoms with E-state index in [1.54, 1.807) is 6.92 Å². The van der Waals surface area contributed by atoms with Crippen LogP contribution in [0, 0.1) is 0 Å². The fourth-order valence-corrected chi connectivity index (χ4v) is 1.95. The highest BCUT2D eigenvalue weighted by molar-refractivity contribution is 6.33. The summed E-state index contributed by atoms with van der Waals surface area (Å²) in [6, 6.07) is 6.03. The van der Waals surface area contributed by atoms with Crippen LogP contribution in [0.3, 0.4) is 0 Å². The number of fused-ring (bicyclic) bond motifs is 1. The number of aliphatic hydroxyl groups is 1. The number of hydrogen-bond acceptors (Lipinski definition) is 2. The zero-order valence-electron chi connectivity index (χ0n) is 8.40. The van der Waals surface area contributed by atoms with Crippen LogP contribution in [0.1, 0.15) is 18.1 Å². The van der Waals surface area contributed by atoms with Crippen LogP contribution in [-0.4, -0.2) is 30.6 Å². The predicted octanol–water partition coefficient (Wildman–Crippen LogP) is 0.177. The van der Waals surface area contributed by atoms with Gasteiger partial charge in [0.1, 0.15) is 14.1 Å². The average molecular weight is 187 g/mol. The maximum atomic E-state index is 9.48. The van der Waals surface area contributed by atoms with Gasteiger partial charge in [-0.05, 0) is 24.5 Å². The third-order valence-corrected chi connectivity index (χ3v) is 2.87. The Kier molecular flexibility index (Phi) is 2.61. The molecule has 1 N–H and O–H groups in total. The summed E-state index contributed by atoms with van der Waals surface area (Å²) >= 11 is 0. The Morgan fingerprint density at radius 1 is 1.50 bits per heavy atom. The van der Waals surface area contributed by atoms with Gasteiger partial charge in [0.05, 0.1) is 0 Å². The molecule has 1 aromatic carbocycles. The Morgan fingerprint density at radius 3 is 3.00 bits per heavy atom. The van der Waals surface area contributed by atoms with Crippen LogP contribution in [-0.2, 0) is 13.0 Å². The van der Waals surface area contributed by atoms with Crippen molar-refractivity contribution < 1.29 is 5.11 Å². The molecule has 1 aromatic rings. The molecule has 0 saturated heterocycles. The molecule has 0 fully saturated rings. The first-order valence-electron chi connectivity index (χ1n) is 4.97. The van der Waals surface area contributed by atoms with Gasteiger partial charge in [0.15, 0.2) is 0 Å². The molecule has 1 atom stereocenters. The third-order valence-electron chi connectivity index (χ3n) is 2.87. The van der Waals surface area contributed by atoms with E-state index in [2.05, 4.69) is 6.07 Å². The van der Waals surface area contributed by atoms with Crippen molar-refractivity contribution in [2.75, 3.05) is 6.54 Å². The van der Waals surface area contributed by atoms with E-state index in [4.69, 9.17) is 7.85 Å². The largest absolute Gasteiger partial charge is 0.379 e. The van der Waals surface area contributed by atoms with Gasteiger partial charge in [0.25, 0.3) is 0 Å². The van der Waals surface area contributed by atoms with Gasteiger partial charge in [0, 0.05) is 13.1 Å². The Morgan fingerprint density at radius 2 is 2.29 bits per heavy atom. The fourth-order valence-electron chi connectivity index (χ4n) is 1.95. The Balaban J connectivity index is 2.29. The molecule has 1 aliphatic heterocycles. The Hall–Kier alpha value is -0.795. The first-order valence-corrected chi connectivity index (χ1v) is 4.97. The fraction of sp³-hybridized carbons (Fsp3) is 0.455. The first-order chi connectivity index (χ1) is 6.68. The maximum Gasteiger partial charge on any atom is 0.114 e. The molecule has 2 rings (SSSR count). The summed E-state index contributed by atoms with van der Waals surface area (Å²) in [7, 11) is 5.90. The second-order valence-electron chi connectivity index (χ2n) is 3.84. The topological polar surface area (TPSA) is 23.5 Å². The van der Waals surface area contributed by atoms with Gasteiger partial charge >= 0.3 is 0 Å². The van der Waals surface area contributed by atoms with Gasteiger partial charge in [-0.1, -0.05) is 23.7 Å². The third kappa shape index (κ3) is 1.70. The average Bonchev–Trinajstić information content (AvgIpc) is 2.18. The number of rotatable bonds is 1. The molecule has 0 spiro atoms. The van der Waals surface area contributed by atoms with Crippen molar-refractivity contribution in [2.45, 2.75) is 26.1 Å². The summed E-state index contributed by atoms with van der Waals surface area (Å²) in [5.74, 6) is 0. The lowest BCUT2D eigenvalue weighted by Gasteiger charge is -2.31. The monoisotopic (exact) mass is 187 g/mol. The van der Waals surface area contributed by atoms with E-state index in [9.17, 15) is 5.11 Å². The molecule has 1 heterocycles.